The van der Waals surface area contributed by atoms with E-state index in [9.17, 15) is 4.79 Å². The van der Waals surface area contributed by atoms with Crippen LogP contribution in [-0.4, -0.2) is 27.6 Å². The summed E-state index contributed by atoms with van der Waals surface area (Å²) in [5.74, 6) is 0.586. The molecule has 0 aliphatic heterocycles. The average molecular weight is 211 g/mol. The molecule has 6 nitrogen and oxygen atoms in total. The summed E-state index contributed by atoms with van der Waals surface area (Å²) in [7, 11) is 0. The summed E-state index contributed by atoms with van der Waals surface area (Å²) >= 11 is 0. The molecule has 1 atom stereocenters. The Balaban J connectivity index is 2.48. The van der Waals surface area contributed by atoms with Gasteiger partial charge in [0, 0.05) is 6.54 Å². The highest BCUT2D eigenvalue weighted by Gasteiger charge is 2.29. The third-order valence-corrected chi connectivity index (χ3v) is 2.66. The zero-order valence-corrected chi connectivity index (χ0v) is 9.08. The van der Waals surface area contributed by atoms with Crippen LogP contribution in [0.3, 0.4) is 0 Å². The molecule has 6 heteroatoms. The van der Waals surface area contributed by atoms with Crippen LogP contribution >= 0.6 is 0 Å². The van der Waals surface area contributed by atoms with Crippen LogP contribution in [0, 0.1) is 5.41 Å². The Kier molecular flexibility index (Phi) is 3.79. The van der Waals surface area contributed by atoms with Gasteiger partial charge in [0.1, 0.15) is 12.2 Å². The maximum atomic E-state index is 11.8. The minimum atomic E-state index is -0.500. The zero-order valence-electron chi connectivity index (χ0n) is 9.08. The summed E-state index contributed by atoms with van der Waals surface area (Å²) in [6.07, 6.45) is 2.12. The first-order valence-corrected chi connectivity index (χ1v) is 4.95. The number of aromatic nitrogens is 3. The van der Waals surface area contributed by atoms with Gasteiger partial charge in [0.05, 0.1) is 12.0 Å². The standard InChI is InChI=1S/C9H17N5O/c1-3-9(2,5-10)8(15)11-4-7-12-6-13-14-7/h6H,3-5,10H2,1-2H3,(H,11,15)(H,12,13,14). The van der Waals surface area contributed by atoms with Gasteiger partial charge in [0.25, 0.3) is 0 Å². The highest BCUT2D eigenvalue weighted by molar-refractivity contribution is 5.82. The minimum Gasteiger partial charge on any atom is -0.348 e. The largest absolute Gasteiger partial charge is 0.348 e. The van der Waals surface area contributed by atoms with Crippen molar-refractivity contribution in [2.75, 3.05) is 6.54 Å². The SMILES string of the molecule is CCC(C)(CN)C(=O)NCc1ncn[nH]1. The van der Waals surface area contributed by atoms with Crippen LogP contribution in [0.4, 0.5) is 0 Å². The second-order valence-electron chi connectivity index (χ2n) is 3.73. The molecule has 0 fully saturated rings. The van der Waals surface area contributed by atoms with E-state index in [1.165, 1.54) is 6.33 Å². The van der Waals surface area contributed by atoms with E-state index < -0.39 is 5.41 Å². The highest BCUT2D eigenvalue weighted by Crippen LogP contribution is 2.18. The number of carbonyl (C=O) groups excluding carboxylic acids is 1. The van der Waals surface area contributed by atoms with Gasteiger partial charge in [-0.1, -0.05) is 6.92 Å². The van der Waals surface area contributed by atoms with Gasteiger partial charge in [-0.05, 0) is 13.3 Å². The molecular weight excluding hydrogens is 194 g/mol. The van der Waals surface area contributed by atoms with E-state index in [-0.39, 0.29) is 5.91 Å². The summed E-state index contributed by atoms with van der Waals surface area (Å²) in [5, 5.41) is 9.14. The van der Waals surface area contributed by atoms with Crippen molar-refractivity contribution >= 4 is 5.91 Å². The number of nitrogens with zero attached hydrogens (tertiary/aromatic N) is 2. The van der Waals surface area contributed by atoms with E-state index in [1.807, 2.05) is 13.8 Å². The molecule has 15 heavy (non-hydrogen) atoms. The van der Waals surface area contributed by atoms with Gasteiger partial charge in [-0.15, -0.1) is 0 Å². The molecule has 1 rings (SSSR count). The summed E-state index contributed by atoms with van der Waals surface area (Å²) in [6.45, 7) is 4.49. The number of nitrogens with two attached hydrogens (primary N) is 1. The Bertz CT molecular complexity index is 304. The smallest absolute Gasteiger partial charge is 0.227 e. The van der Waals surface area contributed by atoms with Crippen molar-refractivity contribution in [2.24, 2.45) is 11.1 Å². The Morgan fingerprint density at radius 3 is 2.93 bits per heavy atom. The fraction of sp³-hybridized carbons (Fsp3) is 0.667. The number of H-pyrrole nitrogens is 1. The first-order chi connectivity index (χ1) is 7.12. The number of nitrogens with one attached hydrogen (secondary N) is 2. The summed E-state index contributed by atoms with van der Waals surface area (Å²) in [5.41, 5.74) is 5.07. The van der Waals surface area contributed by atoms with Crippen LogP contribution in [0.15, 0.2) is 6.33 Å². The van der Waals surface area contributed by atoms with Gasteiger partial charge in [0.2, 0.25) is 5.91 Å². The third-order valence-electron chi connectivity index (χ3n) is 2.66. The molecule has 1 aromatic rings. The zero-order chi connectivity index (χ0) is 11.3. The Labute approximate surface area is 88.7 Å². The summed E-state index contributed by atoms with van der Waals surface area (Å²) in [6, 6.07) is 0. The Morgan fingerprint density at radius 2 is 2.47 bits per heavy atom. The lowest BCUT2D eigenvalue weighted by molar-refractivity contribution is -0.130. The van der Waals surface area contributed by atoms with E-state index >= 15 is 0 Å². The molecular formula is C9H17N5O. The average Bonchev–Trinajstić information content (AvgIpc) is 2.77. The number of hydrogen-bond acceptors (Lipinski definition) is 4. The molecule has 0 aliphatic rings. The third kappa shape index (κ3) is 2.76. The molecule has 0 aromatic carbocycles. The Hall–Kier alpha value is -1.43. The summed E-state index contributed by atoms with van der Waals surface area (Å²) < 4.78 is 0. The molecule has 0 aliphatic carbocycles. The molecule has 0 saturated carbocycles. The van der Waals surface area contributed by atoms with Crippen molar-refractivity contribution in [2.45, 2.75) is 26.8 Å². The lowest BCUT2D eigenvalue weighted by Crippen LogP contribution is -2.43. The van der Waals surface area contributed by atoms with Crippen LogP contribution in [0.2, 0.25) is 0 Å². The molecule has 1 unspecified atom stereocenters. The van der Waals surface area contributed by atoms with Crippen molar-refractivity contribution in [3.05, 3.63) is 12.2 Å². The van der Waals surface area contributed by atoms with Gasteiger partial charge in [0.15, 0.2) is 0 Å². The fourth-order valence-electron chi connectivity index (χ4n) is 1.09. The number of rotatable bonds is 5. The first kappa shape index (κ1) is 11.6. The van der Waals surface area contributed by atoms with E-state index in [0.29, 0.717) is 25.3 Å². The van der Waals surface area contributed by atoms with Crippen LogP contribution in [0.5, 0.6) is 0 Å². The fourth-order valence-corrected chi connectivity index (χ4v) is 1.09. The van der Waals surface area contributed by atoms with E-state index in [1.54, 1.807) is 0 Å². The predicted octanol–water partition coefficient (Wildman–Crippen LogP) is -0.204. The molecule has 4 N–H and O–H groups in total. The predicted molar refractivity (Wildman–Crippen MR) is 55.7 cm³/mol. The lowest BCUT2D eigenvalue weighted by atomic mass is 9.87. The molecule has 0 saturated heterocycles. The molecule has 0 radical (unpaired) electrons. The maximum Gasteiger partial charge on any atom is 0.227 e. The minimum absolute atomic E-state index is 0.0519. The second kappa shape index (κ2) is 4.88. The van der Waals surface area contributed by atoms with Crippen molar-refractivity contribution in [3.63, 3.8) is 0 Å². The van der Waals surface area contributed by atoms with E-state index in [0.717, 1.165) is 0 Å². The van der Waals surface area contributed by atoms with Crippen LogP contribution in [0.1, 0.15) is 26.1 Å². The molecule has 1 aromatic heterocycles. The number of aromatic amines is 1. The normalized spacial score (nSPS) is 14.6. The monoisotopic (exact) mass is 211 g/mol. The second-order valence-corrected chi connectivity index (χ2v) is 3.73. The molecule has 1 heterocycles. The molecule has 0 spiro atoms. The van der Waals surface area contributed by atoms with E-state index in [2.05, 4.69) is 20.5 Å². The number of amides is 1. The quantitative estimate of drug-likeness (QED) is 0.628. The van der Waals surface area contributed by atoms with Gasteiger partial charge >= 0.3 is 0 Å². The van der Waals surface area contributed by atoms with Crippen LogP contribution < -0.4 is 11.1 Å². The van der Waals surface area contributed by atoms with Gasteiger partial charge in [-0.3, -0.25) is 9.89 Å². The van der Waals surface area contributed by atoms with Gasteiger partial charge in [-0.2, -0.15) is 5.10 Å². The van der Waals surface area contributed by atoms with Crippen molar-refractivity contribution in [3.8, 4) is 0 Å². The highest BCUT2D eigenvalue weighted by atomic mass is 16.2. The summed E-state index contributed by atoms with van der Waals surface area (Å²) in [4.78, 5) is 15.7. The maximum absolute atomic E-state index is 11.8. The van der Waals surface area contributed by atoms with Crippen molar-refractivity contribution in [1.29, 1.82) is 0 Å². The number of hydrogen-bond donors (Lipinski definition) is 3. The van der Waals surface area contributed by atoms with E-state index in [4.69, 9.17) is 5.73 Å². The Morgan fingerprint density at radius 1 is 1.73 bits per heavy atom. The van der Waals surface area contributed by atoms with Gasteiger partial charge in [-0.25, -0.2) is 4.98 Å². The lowest BCUT2D eigenvalue weighted by Gasteiger charge is -2.24. The van der Waals surface area contributed by atoms with Gasteiger partial charge < -0.3 is 11.1 Å². The number of carbonyl (C=O) groups is 1. The van der Waals surface area contributed by atoms with Crippen molar-refractivity contribution in [1.82, 2.24) is 20.5 Å². The first-order valence-electron chi connectivity index (χ1n) is 4.95. The van der Waals surface area contributed by atoms with Crippen molar-refractivity contribution < 1.29 is 4.79 Å². The van der Waals surface area contributed by atoms with Crippen LogP contribution in [-0.2, 0) is 11.3 Å². The molecule has 1 amide bonds. The van der Waals surface area contributed by atoms with Crippen LogP contribution in [0.25, 0.3) is 0 Å². The molecule has 0 bridgehead atoms. The topological polar surface area (TPSA) is 96.7 Å². The molecule has 84 valence electrons.